The van der Waals surface area contributed by atoms with Crippen molar-refractivity contribution in [3.8, 4) is 17.6 Å². The highest BCUT2D eigenvalue weighted by Crippen LogP contribution is 2.20. The van der Waals surface area contributed by atoms with Gasteiger partial charge in [-0.1, -0.05) is 18.6 Å². The van der Waals surface area contributed by atoms with E-state index in [1.165, 1.54) is 18.5 Å². The summed E-state index contributed by atoms with van der Waals surface area (Å²) >= 11 is 0. The molecule has 1 aromatic carbocycles. The van der Waals surface area contributed by atoms with Gasteiger partial charge in [-0.3, -0.25) is 4.79 Å². The Morgan fingerprint density at radius 2 is 2.35 bits per heavy atom. The molecule has 2 aromatic heterocycles. The third-order valence-electron chi connectivity index (χ3n) is 4.96. The van der Waals surface area contributed by atoms with Crippen LogP contribution in [0.2, 0.25) is 0 Å². The number of amides is 1. The minimum Gasteiger partial charge on any atom is -0.481 e. The van der Waals surface area contributed by atoms with E-state index in [1.807, 2.05) is 0 Å². The largest absolute Gasteiger partial charge is 0.481 e. The number of likely N-dealkylation sites (tertiary alicyclic amines) is 1. The lowest BCUT2D eigenvalue weighted by Crippen LogP contribution is -2.30. The molecule has 0 spiro atoms. The Morgan fingerprint density at radius 3 is 3.16 bits per heavy atom. The number of H-pyrrole nitrogens is 1. The van der Waals surface area contributed by atoms with Crippen molar-refractivity contribution in [3.63, 3.8) is 0 Å². The van der Waals surface area contributed by atoms with Gasteiger partial charge in [0.1, 0.15) is 30.0 Å². The molecule has 4 rings (SSSR count). The first-order valence-electron chi connectivity index (χ1n) is 9.80. The first kappa shape index (κ1) is 20.3. The monoisotopic (exact) mass is 420 g/mol. The van der Waals surface area contributed by atoms with Crippen LogP contribution < -0.4 is 10.1 Å². The highest BCUT2D eigenvalue weighted by molar-refractivity contribution is 5.87. The maximum absolute atomic E-state index is 13.6. The van der Waals surface area contributed by atoms with Crippen LogP contribution in [-0.4, -0.2) is 56.5 Å². The molecule has 1 unspecified atom stereocenters. The van der Waals surface area contributed by atoms with Crippen LogP contribution in [0.25, 0.3) is 11.2 Å². The molecule has 31 heavy (non-hydrogen) atoms. The summed E-state index contributed by atoms with van der Waals surface area (Å²) in [5.41, 5.74) is 1.69. The Labute approximate surface area is 178 Å². The number of fused-ring (bicyclic) bond motifs is 1. The first-order chi connectivity index (χ1) is 15.0. The van der Waals surface area contributed by atoms with Gasteiger partial charge in [-0.2, -0.15) is 0 Å². The van der Waals surface area contributed by atoms with Crippen LogP contribution in [0.4, 0.5) is 10.2 Å². The summed E-state index contributed by atoms with van der Waals surface area (Å²) in [5.74, 6) is 6.79. The summed E-state index contributed by atoms with van der Waals surface area (Å²) in [6, 6.07) is 4.75. The topological polar surface area (TPSA) is 96.0 Å². The predicted molar refractivity (Wildman–Crippen MR) is 114 cm³/mol. The van der Waals surface area contributed by atoms with Crippen LogP contribution >= 0.6 is 0 Å². The second-order valence-electron chi connectivity index (χ2n) is 7.13. The number of benzene rings is 1. The molecule has 0 saturated carbocycles. The lowest BCUT2D eigenvalue weighted by atomic mass is 10.2. The van der Waals surface area contributed by atoms with Gasteiger partial charge in [0.05, 0.1) is 0 Å². The molecule has 1 amide bonds. The average molecular weight is 420 g/mol. The number of hydrogen-bond acceptors (Lipinski definition) is 6. The number of aromatic amines is 1. The van der Waals surface area contributed by atoms with Crippen LogP contribution in [0.3, 0.4) is 0 Å². The molecule has 1 fully saturated rings. The maximum Gasteiger partial charge on any atom is 0.246 e. The van der Waals surface area contributed by atoms with E-state index >= 15 is 0 Å². The van der Waals surface area contributed by atoms with Gasteiger partial charge >= 0.3 is 0 Å². The Kier molecular flexibility index (Phi) is 5.80. The van der Waals surface area contributed by atoms with Crippen LogP contribution in [0.1, 0.15) is 17.8 Å². The summed E-state index contributed by atoms with van der Waals surface area (Å²) in [6.07, 6.45) is 3.56. The second-order valence-corrected chi connectivity index (χ2v) is 7.13. The van der Waals surface area contributed by atoms with Gasteiger partial charge in [-0.15, -0.1) is 0 Å². The number of rotatable bonds is 5. The Hall–Kier alpha value is -3.93. The van der Waals surface area contributed by atoms with E-state index in [0.29, 0.717) is 47.2 Å². The third-order valence-corrected chi connectivity index (χ3v) is 4.96. The van der Waals surface area contributed by atoms with Crippen molar-refractivity contribution in [2.75, 3.05) is 25.0 Å². The van der Waals surface area contributed by atoms with Crippen LogP contribution in [0.5, 0.6) is 5.75 Å². The van der Waals surface area contributed by atoms with Crippen molar-refractivity contribution in [2.24, 2.45) is 0 Å². The molecular formula is C22H21FN6O2. The van der Waals surface area contributed by atoms with Gasteiger partial charge in [-0.25, -0.2) is 19.3 Å². The summed E-state index contributed by atoms with van der Waals surface area (Å²) in [5, 5.41) is 3.35. The number of aryl methyl sites for hydroxylation is 1. The number of aromatic nitrogens is 4. The number of nitrogens with zero attached hydrogens (tertiary/aromatic N) is 4. The van der Waals surface area contributed by atoms with E-state index in [1.54, 1.807) is 24.0 Å². The molecule has 0 radical (unpaired) electrons. The molecule has 2 N–H and O–H groups in total. The Bertz CT molecular complexity index is 1200. The smallest absolute Gasteiger partial charge is 0.246 e. The molecule has 8 nitrogen and oxygen atoms in total. The molecule has 1 atom stereocenters. The Balaban J connectivity index is 1.42. The summed E-state index contributed by atoms with van der Waals surface area (Å²) in [4.78, 5) is 29.5. The fourth-order valence-electron chi connectivity index (χ4n) is 3.30. The van der Waals surface area contributed by atoms with E-state index in [9.17, 15) is 9.18 Å². The molecular weight excluding hydrogens is 399 g/mol. The van der Waals surface area contributed by atoms with Crippen LogP contribution in [-0.2, 0) is 4.79 Å². The average Bonchev–Trinajstić information content (AvgIpc) is 3.40. The molecule has 0 aliphatic carbocycles. The maximum atomic E-state index is 13.6. The van der Waals surface area contributed by atoms with Gasteiger partial charge in [0.15, 0.2) is 17.3 Å². The number of hydrogen-bond donors (Lipinski definition) is 2. The van der Waals surface area contributed by atoms with Gasteiger partial charge in [0.25, 0.3) is 0 Å². The lowest BCUT2D eigenvalue weighted by Gasteiger charge is -2.15. The van der Waals surface area contributed by atoms with E-state index in [4.69, 9.17) is 4.74 Å². The number of imidazole rings is 1. The fourth-order valence-corrected chi connectivity index (χ4v) is 3.30. The zero-order chi connectivity index (χ0) is 21.8. The second kappa shape index (κ2) is 8.83. The van der Waals surface area contributed by atoms with Gasteiger partial charge in [0.2, 0.25) is 5.91 Å². The molecule has 0 bridgehead atoms. The van der Waals surface area contributed by atoms with Crippen molar-refractivity contribution in [1.82, 2.24) is 24.8 Å². The summed E-state index contributed by atoms with van der Waals surface area (Å²) in [6.45, 7) is 6.55. The number of nitrogens with one attached hydrogen (secondary N) is 2. The van der Waals surface area contributed by atoms with Crippen LogP contribution in [0, 0.1) is 24.6 Å². The van der Waals surface area contributed by atoms with Crippen molar-refractivity contribution < 1.29 is 13.9 Å². The van der Waals surface area contributed by atoms with E-state index in [-0.39, 0.29) is 24.4 Å². The molecule has 9 heteroatoms. The third kappa shape index (κ3) is 4.64. The van der Waals surface area contributed by atoms with Gasteiger partial charge < -0.3 is 19.9 Å². The molecule has 1 aliphatic heterocycles. The Morgan fingerprint density at radius 1 is 1.48 bits per heavy atom. The van der Waals surface area contributed by atoms with E-state index in [0.717, 1.165) is 6.42 Å². The molecule has 3 heterocycles. The molecule has 3 aromatic rings. The van der Waals surface area contributed by atoms with Crippen molar-refractivity contribution in [1.29, 1.82) is 0 Å². The molecule has 158 valence electrons. The fraction of sp³-hybridized carbons (Fsp3) is 0.273. The van der Waals surface area contributed by atoms with Gasteiger partial charge in [-0.05, 0) is 37.0 Å². The standard InChI is InChI=1S/C22H21FN6O2/c1-3-19(30)29-9-8-15(12-29)26-21-20-22(25-13-24-21)28-18(27-20)5-4-10-31-16-7-6-14(2)17(23)11-16/h3,6-7,11,13,15H,1,8-10,12H2,2H3,(H2,24,25,26,27,28). The quantitative estimate of drug-likeness (QED) is 0.486. The minimum atomic E-state index is -0.319. The first-order valence-corrected chi connectivity index (χ1v) is 9.80. The highest BCUT2D eigenvalue weighted by atomic mass is 19.1. The SMILES string of the molecule is C=CC(=O)N1CCC(Nc2ncnc3nc(C#CCOc4ccc(C)c(F)c4)[nH]c23)C1. The minimum absolute atomic E-state index is 0.0724. The van der Waals surface area contributed by atoms with Crippen molar-refractivity contribution >= 4 is 22.9 Å². The molecule has 1 saturated heterocycles. The van der Waals surface area contributed by atoms with Crippen molar-refractivity contribution in [3.05, 3.63) is 54.4 Å². The number of halogens is 1. The highest BCUT2D eigenvalue weighted by Gasteiger charge is 2.25. The number of carbonyl (C=O) groups excluding carboxylic acids is 1. The van der Waals surface area contributed by atoms with E-state index in [2.05, 4.69) is 43.7 Å². The number of ether oxygens (including phenoxy) is 1. The van der Waals surface area contributed by atoms with Crippen molar-refractivity contribution in [2.45, 2.75) is 19.4 Å². The number of anilines is 1. The van der Waals surface area contributed by atoms with Gasteiger partial charge in [0, 0.05) is 25.2 Å². The zero-order valence-electron chi connectivity index (χ0n) is 17.0. The normalized spacial score (nSPS) is 15.4. The van der Waals surface area contributed by atoms with Crippen LogP contribution in [0.15, 0.2) is 37.2 Å². The van der Waals surface area contributed by atoms with E-state index < -0.39 is 0 Å². The lowest BCUT2D eigenvalue weighted by molar-refractivity contribution is -0.125. The zero-order valence-corrected chi connectivity index (χ0v) is 17.0. The summed E-state index contributed by atoms with van der Waals surface area (Å²) in [7, 11) is 0. The predicted octanol–water partition coefficient (Wildman–Crippen LogP) is 2.43. The number of carbonyl (C=O) groups is 1. The summed E-state index contributed by atoms with van der Waals surface area (Å²) < 4.78 is 19.0. The molecule has 1 aliphatic rings.